The molecule has 0 amide bonds. The topological polar surface area (TPSA) is 0 Å². The normalized spacial score (nSPS) is 12.5. The predicted molar refractivity (Wildman–Crippen MR) is 143 cm³/mol. The Morgan fingerprint density at radius 2 is 1.09 bits per heavy atom. The first-order valence-electron chi connectivity index (χ1n) is 13.1. The highest BCUT2D eigenvalue weighted by Crippen LogP contribution is 2.36. The van der Waals surface area contributed by atoms with Gasteiger partial charge < -0.3 is 4.48 Å². The van der Waals surface area contributed by atoms with Crippen LogP contribution in [-0.2, 0) is 6.54 Å². The molecule has 0 fully saturated rings. The third kappa shape index (κ3) is 5.44. The van der Waals surface area contributed by atoms with Crippen molar-refractivity contribution in [1.29, 1.82) is 0 Å². The van der Waals surface area contributed by atoms with E-state index in [1.54, 1.807) is 0 Å². The molecule has 0 aliphatic carbocycles. The number of unbranched alkanes of at least 4 members (excludes halogenated alkanes) is 9. The van der Waals surface area contributed by atoms with Gasteiger partial charge in [0.2, 0.25) is 0 Å². The molecule has 4 aromatic rings. The molecule has 0 radical (unpaired) electrons. The molecule has 4 aromatic carbocycles. The monoisotopic (exact) mass is 428 g/mol. The van der Waals surface area contributed by atoms with Gasteiger partial charge in [0.15, 0.2) is 0 Å². The number of hydrogen-bond donors (Lipinski definition) is 0. The first-order chi connectivity index (χ1) is 15.6. The predicted octanol–water partition coefficient (Wildman–Crippen LogP) is 9.08. The molecule has 0 bridgehead atoms. The summed E-state index contributed by atoms with van der Waals surface area (Å²) in [7, 11) is 4.82. The molecule has 0 saturated heterocycles. The molecular weight excluding hydrogens is 386 g/mol. The molecule has 0 unspecified atom stereocenters. The van der Waals surface area contributed by atoms with E-state index in [1.165, 1.54) is 109 Å². The van der Waals surface area contributed by atoms with Crippen molar-refractivity contribution in [2.75, 3.05) is 20.6 Å². The second kappa shape index (κ2) is 10.7. The summed E-state index contributed by atoms with van der Waals surface area (Å²) in [5.74, 6) is 0. The molecule has 0 aliphatic heterocycles. The maximum absolute atomic E-state index is 2.41. The van der Waals surface area contributed by atoms with Crippen LogP contribution < -0.4 is 0 Å². The number of benzene rings is 4. The summed E-state index contributed by atoms with van der Waals surface area (Å²) in [6.07, 6.45) is 14.1. The van der Waals surface area contributed by atoms with Gasteiger partial charge >= 0.3 is 0 Å². The smallest absolute Gasteiger partial charge is 0.105 e. The molecule has 0 aliphatic rings. The molecule has 1 heteroatoms. The summed E-state index contributed by atoms with van der Waals surface area (Å²) >= 11 is 0. The number of rotatable bonds is 13. The van der Waals surface area contributed by atoms with Gasteiger partial charge in [-0.2, -0.15) is 0 Å². The second-order valence-electron chi connectivity index (χ2n) is 10.6. The van der Waals surface area contributed by atoms with Crippen LogP contribution in [0.2, 0.25) is 0 Å². The lowest BCUT2D eigenvalue weighted by Gasteiger charge is -2.30. The maximum Gasteiger partial charge on any atom is 0.105 e. The Morgan fingerprint density at radius 3 is 1.75 bits per heavy atom. The minimum atomic E-state index is 1.07. The molecule has 0 heterocycles. The van der Waals surface area contributed by atoms with Crippen molar-refractivity contribution < 1.29 is 4.48 Å². The molecule has 1 nitrogen and oxygen atoms in total. The third-order valence-electron chi connectivity index (χ3n) is 7.33. The Kier molecular flexibility index (Phi) is 7.68. The van der Waals surface area contributed by atoms with E-state index in [9.17, 15) is 0 Å². The van der Waals surface area contributed by atoms with Crippen LogP contribution in [0.4, 0.5) is 0 Å². The van der Waals surface area contributed by atoms with Crippen LogP contribution in [0.1, 0.15) is 76.7 Å². The Labute approximate surface area is 195 Å². The summed E-state index contributed by atoms with van der Waals surface area (Å²) in [4.78, 5) is 0. The molecule has 0 aromatic heterocycles. The Hall–Kier alpha value is -2.12. The van der Waals surface area contributed by atoms with Crippen LogP contribution in [0.3, 0.4) is 0 Å². The van der Waals surface area contributed by atoms with Crippen LogP contribution in [-0.4, -0.2) is 25.1 Å². The largest absolute Gasteiger partial charge is 0.325 e. The average molecular weight is 429 g/mol. The van der Waals surface area contributed by atoms with E-state index in [2.05, 4.69) is 75.6 Å². The summed E-state index contributed by atoms with van der Waals surface area (Å²) in [5.41, 5.74) is 1.49. The highest BCUT2D eigenvalue weighted by Gasteiger charge is 2.19. The maximum atomic E-state index is 2.41. The SMILES string of the molecule is CCCCCCCCCCCC[N+](C)(C)Cc1ccc2ccc3cccc4ccc1c2c34. The standard InChI is InChI=1S/C31H42N/c1-4-5-6-7-8-9-10-11-12-13-23-32(2,3)24-28-20-19-27-18-17-25-15-14-16-26-21-22-29(28)31(27)30(25)26/h14-22H,4-13,23-24H2,1-3H3/q+1. The van der Waals surface area contributed by atoms with E-state index in [0.29, 0.717) is 0 Å². The van der Waals surface area contributed by atoms with Gasteiger partial charge in [0.25, 0.3) is 0 Å². The molecular formula is C31H42N+. The lowest BCUT2D eigenvalue weighted by atomic mass is 9.91. The van der Waals surface area contributed by atoms with Crippen LogP contribution in [0, 0.1) is 0 Å². The van der Waals surface area contributed by atoms with Gasteiger partial charge in [-0.3, -0.25) is 0 Å². The third-order valence-corrected chi connectivity index (χ3v) is 7.33. The summed E-state index contributed by atoms with van der Waals surface area (Å²) in [5, 5.41) is 8.42. The lowest BCUT2D eigenvalue weighted by Crippen LogP contribution is -2.39. The van der Waals surface area contributed by atoms with E-state index in [-0.39, 0.29) is 0 Å². The molecule has 0 saturated carbocycles. The van der Waals surface area contributed by atoms with Crippen molar-refractivity contribution in [2.24, 2.45) is 0 Å². The number of hydrogen-bond acceptors (Lipinski definition) is 0. The summed E-state index contributed by atoms with van der Waals surface area (Å²) < 4.78 is 1.07. The fraction of sp³-hybridized carbons (Fsp3) is 0.484. The van der Waals surface area contributed by atoms with Gasteiger partial charge in [0, 0.05) is 5.56 Å². The molecule has 32 heavy (non-hydrogen) atoms. The fourth-order valence-corrected chi connectivity index (χ4v) is 5.50. The zero-order chi connectivity index (χ0) is 22.4. The second-order valence-corrected chi connectivity index (χ2v) is 10.6. The molecule has 0 N–H and O–H groups in total. The van der Waals surface area contributed by atoms with Crippen LogP contribution in [0.15, 0.2) is 54.6 Å². The zero-order valence-corrected chi connectivity index (χ0v) is 20.6. The van der Waals surface area contributed by atoms with Gasteiger partial charge in [-0.15, -0.1) is 0 Å². The molecule has 170 valence electrons. The van der Waals surface area contributed by atoms with Crippen LogP contribution in [0.25, 0.3) is 32.3 Å². The molecule has 4 rings (SSSR count). The van der Waals surface area contributed by atoms with Gasteiger partial charge in [-0.05, 0) is 45.2 Å². The van der Waals surface area contributed by atoms with Crippen molar-refractivity contribution in [3.63, 3.8) is 0 Å². The minimum absolute atomic E-state index is 1.07. The van der Waals surface area contributed by atoms with E-state index in [1.807, 2.05) is 0 Å². The van der Waals surface area contributed by atoms with Gasteiger partial charge in [0.1, 0.15) is 6.54 Å². The Bertz CT molecular complexity index is 1110. The Morgan fingerprint density at radius 1 is 0.562 bits per heavy atom. The summed E-state index contributed by atoms with van der Waals surface area (Å²) in [6.45, 7) is 4.66. The molecule has 0 atom stereocenters. The minimum Gasteiger partial charge on any atom is -0.325 e. The number of quaternary nitrogens is 1. The van der Waals surface area contributed by atoms with Gasteiger partial charge in [-0.25, -0.2) is 0 Å². The van der Waals surface area contributed by atoms with Crippen molar-refractivity contribution in [3.05, 3.63) is 60.2 Å². The van der Waals surface area contributed by atoms with Crippen molar-refractivity contribution >= 4 is 32.3 Å². The first kappa shape index (κ1) is 23.1. The highest BCUT2D eigenvalue weighted by molar-refractivity contribution is 6.23. The van der Waals surface area contributed by atoms with Crippen molar-refractivity contribution in [3.8, 4) is 0 Å². The average Bonchev–Trinajstić information content (AvgIpc) is 2.79. The van der Waals surface area contributed by atoms with Gasteiger partial charge in [-0.1, -0.05) is 113 Å². The quantitative estimate of drug-likeness (QED) is 0.113. The highest BCUT2D eigenvalue weighted by atomic mass is 15.3. The van der Waals surface area contributed by atoms with E-state index < -0.39 is 0 Å². The van der Waals surface area contributed by atoms with E-state index >= 15 is 0 Å². The lowest BCUT2D eigenvalue weighted by molar-refractivity contribution is -0.903. The van der Waals surface area contributed by atoms with E-state index in [4.69, 9.17) is 0 Å². The van der Waals surface area contributed by atoms with Gasteiger partial charge in [0.05, 0.1) is 20.6 Å². The molecule has 0 spiro atoms. The van der Waals surface area contributed by atoms with Crippen molar-refractivity contribution in [1.82, 2.24) is 0 Å². The zero-order valence-electron chi connectivity index (χ0n) is 20.6. The Balaban J connectivity index is 1.34. The fourth-order valence-electron chi connectivity index (χ4n) is 5.50. The van der Waals surface area contributed by atoms with Crippen LogP contribution >= 0.6 is 0 Å². The van der Waals surface area contributed by atoms with E-state index in [0.717, 1.165) is 11.0 Å². The first-order valence-corrected chi connectivity index (χ1v) is 13.1. The van der Waals surface area contributed by atoms with Crippen molar-refractivity contribution in [2.45, 2.75) is 77.7 Å². The number of nitrogens with zero attached hydrogens (tertiary/aromatic N) is 1. The van der Waals surface area contributed by atoms with Crippen LogP contribution in [0.5, 0.6) is 0 Å². The summed E-state index contributed by atoms with van der Waals surface area (Å²) in [6, 6.07) is 20.6.